The lowest BCUT2D eigenvalue weighted by molar-refractivity contribution is -0.131. The van der Waals surface area contributed by atoms with E-state index in [1.54, 1.807) is 7.11 Å². The van der Waals surface area contributed by atoms with Gasteiger partial charge in [-0.3, -0.25) is 4.79 Å². The number of amides is 1. The lowest BCUT2D eigenvalue weighted by Gasteiger charge is -2.32. The minimum atomic E-state index is 0.110. The molecule has 1 aliphatic rings. The van der Waals surface area contributed by atoms with Crippen LogP contribution in [0.15, 0.2) is 73.1 Å². The number of carbonyl (C=O) groups is 1. The molecule has 9 nitrogen and oxygen atoms in total. The summed E-state index contributed by atoms with van der Waals surface area (Å²) < 4.78 is 12.9. The van der Waals surface area contributed by atoms with E-state index < -0.39 is 0 Å². The average molecular weight is 499 g/mol. The van der Waals surface area contributed by atoms with Crippen LogP contribution in [0.4, 0.5) is 5.82 Å². The quantitative estimate of drug-likeness (QED) is 0.353. The molecule has 1 amide bonds. The van der Waals surface area contributed by atoms with Crippen LogP contribution in [0.1, 0.15) is 25.3 Å². The summed E-state index contributed by atoms with van der Waals surface area (Å²) in [5.74, 6) is 2.03. The SMILES string of the molecule is COC/C=C/CC(=O)N1CCC(n2nc(-c3ccc(Oc4ccccc4)cc3)c3c(N)ncnc32)CC1. The Kier molecular flexibility index (Phi) is 7.41. The number of aromatic nitrogens is 4. The number of nitrogens with two attached hydrogens (primary N) is 1. The van der Waals surface area contributed by atoms with Gasteiger partial charge in [0.15, 0.2) is 5.65 Å². The van der Waals surface area contributed by atoms with Gasteiger partial charge in [-0.15, -0.1) is 0 Å². The predicted molar refractivity (Wildman–Crippen MR) is 142 cm³/mol. The average Bonchev–Trinajstić information content (AvgIpc) is 3.33. The Hall–Kier alpha value is -4.24. The Morgan fingerprint density at radius 1 is 1.03 bits per heavy atom. The third kappa shape index (κ3) is 5.46. The highest BCUT2D eigenvalue weighted by atomic mass is 16.5. The molecule has 0 bridgehead atoms. The molecule has 0 unspecified atom stereocenters. The van der Waals surface area contributed by atoms with Gasteiger partial charge >= 0.3 is 0 Å². The smallest absolute Gasteiger partial charge is 0.226 e. The van der Waals surface area contributed by atoms with Crippen molar-refractivity contribution >= 4 is 22.8 Å². The fraction of sp³-hybridized carbons (Fsp3) is 0.286. The maximum Gasteiger partial charge on any atom is 0.226 e. The number of nitrogen functional groups attached to an aromatic ring is 1. The Balaban J connectivity index is 1.35. The van der Waals surface area contributed by atoms with Gasteiger partial charge in [-0.05, 0) is 49.2 Å². The highest BCUT2D eigenvalue weighted by Crippen LogP contribution is 2.35. The second-order valence-corrected chi connectivity index (χ2v) is 8.93. The number of nitrogens with zero attached hydrogens (tertiary/aromatic N) is 5. The Morgan fingerprint density at radius 3 is 2.49 bits per heavy atom. The van der Waals surface area contributed by atoms with E-state index in [9.17, 15) is 4.79 Å². The minimum absolute atomic E-state index is 0.110. The monoisotopic (exact) mass is 498 g/mol. The van der Waals surface area contributed by atoms with E-state index in [0.29, 0.717) is 37.6 Å². The van der Waals surface area contributed by atoms with Gasteiger partial charge in [0.05, 0.1) is 18.0 Å². The molecule has 4 aromatic rings. The standard InChI is InChI=1S/C28H30N6O3/c1-36-18-6-5-9-24(35)33-16-14-21(15-17-33)34-28-25(27(29)30-19-31-28)26(32-34)20-10-12-23(13-11-20)37-22-7-3-2-4-8-22/h2-8,10-13,19,21H,9,14-18H2,1H3,(H2,29,30,31)/b6-5+. The van der Waals surface area contributed by atoms with Crippen LogP contribution < -0.4 is 10.5 Å². The van der Waals surface area contributed by atoms with Gasteiger partial charge < -0.3 is 20.1 Å². The highest BCUT2D eigenvalue weighted by Gasteiger charge is 2.27. The number of rotatable bonds is 8. The van der Waals surface area contributed by atoms with Crippen molar-refractivity contribution in [2.75, 3.05) is 32.5 Å². The van der Waals surface area contributed by atoms with Gasteiger partial charge in [0.25, 0.3) is 0 Å². The van der Waals surface area contributed by atoms with E-state index >= 15 is 0 Å². The van der Waals surface area contributed by atoms with Gasteiger partial charge in [-0.2, -0.15) is 5.10 Å². The lowest BCUT2D eigenvalue weighted by Crippen LogP contribution is -2.39. The molecule has 0 spiro atoms. The van der Waals surface area contributed by atoms with Gasteiger partial charge in [0.2, 0.25) is 5.91 Å². The zero-order valence-corrected chi connectivity index (χ0v) is 20.8. The molecule has 5 rings (SSSR count). The van der Waals surface area contributed by atoms with Crippen LogP contribution in [0.25, 0.3) is 22.3 Å². The number of fused-ring (bicyclic) bond motifs is 1. The number of benzene rings is 2. The molecule has 2 aromatic carbocycles. The zero-order chi connectivity index (χ0) is 25.6. The second-order valence-electron chi connectivity index (χ2n) is 8.93. The molecule has 3 heterocycles. The maximum atomic E-state index is 12.6. The van der Waals surface area contributed by atoms with Crippen LogP contribution in [-0.2, 0) is 9.53 Å². The minimum Gasteiger partial charge on any atom is -0.457 e. The van der Waals surface area contributed by atoms with Crippen molar-refractivity contribution in [3.05, 3.63) is 73.1 Å². The maximum absolute atomic E-state index is 12.6. The van der Waals surface area contributed by atoms with E-state index in [1.165, 1.54) is 6.33 Å². The zero-order valence-electron chi connectivity index (χ0n) is 20.8. The van der Waals surface area contributed by atoms with Crippen LogP contribution in [0.2, 0.25) is 0 Å². The third-order valence-electron chi connectivity index (χ3n) is 6.51. The Bertz CT molecular complexity index is 1380. The number of para-hydroxylation sites is 1. The van der Waals surface area contributed by atoms with Gasteiger partial charge in [0.1, 0.15) is 29.3 Å². The van der Waals surface area contributed by atoms with Gasteiger partial charge in [-0.25, -0.2) is 14.6 Å². The molecule has 190 valence electrons. The molecule has 37 heavy (non-hydrogen) atoms. The molecule has 9 heteroatoms. The van der Waals surface area contributed by atoms with Crippen molar-refractivity contribution in [1.82, 2.24) is 24.6 Å². The lowest BCUT2D eigenvalue weighted by atomic mass is 10.0. The number of methoxy groups -OCH3 is 1. The number of carbonyl (C=O) groups excluding carboxylic acids is 1. The fourth-order valence-corrected chi connectivity index (χ4v) is 4.59. The number of piperidine rings is 1. The molecular weight excluding hydrogens is 468 g/mol. The van der Waals surface area contributed by atoms with Gasteiger partial charge in [-0.1, -0.05) is 30.4 Å². The summed E-state index contributed by atoms with van der Waals surface area (Å²) in [4.78, 5) is 23.2. The molecular formula is C28H30N6O3. The summed E-state index contributed by atoms with van der Waals surface area (Å²) in [7, 11) is 1.63. The first kappa shape index (κ1) is 24.5. The predicted octanol–water partition coefficient (Wildman–Crippen LogP) is 4.62. The largest absolute Gasteiger partial charge is 0.457 e. The normalized spacial score (nSPS) is 14.5. The summed E-state index contributed by atoms with van der Waals surface area (Å²) in [5.41, 5.74) is 8.65. The van der Waals surface area contributed by atoms with Crippen molar-refractivity contribution in [2.45, 2.75) is 25.3 Å². The number of ether oxygens (including phenoxy) is 2. The molecule has 1 fully saturated rings. The fourth-order valence-electron chi connectivity index (χ4n) is 4.59. The topological polar surface area (TPSA) is 108 Å². The summed E-state index contributed by atoms with van der Waals surface area (Å²) >= 11 is 0. The van der Waals surface area contributed by atoms with E-state index in [0.717, 1.165) is 41.0 Å². The first-order chi connectivity index (χ1) is 18.1. The van der Waals surface area contributed by atoms with E-state index in [4.69, 9.17) is 20.3 Å². The van der Waals surface area contributed by atoms with Crippen LogP contribution >= 0.6 is 0 Å². The van der Waals surface area contributed by atoms with E-state index in [1.807, 2.05) is 76.3 Å². The highest BCUT2D eigenvalue weighted by molar-refractivity contribution is 5.98. The molecule has 0 radical (unpaired) electrons. The van der Waals surface area contributed by atoms with E-state index in [-0.39, 0.29) is 11.9 Å². The molecule has 0 aliphatic carbocycles. The summed E-state index contributed by atoms with van der Waals surface area (Å²) in [6, 6.07) is 17.5. The second kappa shape index (κ2) is 11.2. The van der Waals surface area contributed by atoms with Crippen molar-refractivity contribution in [1.29, 1.82) is 0 Å². The van der Waals surface area contributed by atoms with Crippen LogP contribution in [0, 0.1) is 0 Å². The van der Waals surface area contributed by atoms with Crippen LogP contribution in [0.3, 0.4) is 0 Å². The molecule has 1 aliphatic heterocycles. The number of hydrogen-bond acceptors (Lipinski definition) is 7. The Morgan fingerprint density at radius 2 is 1.76 bits per heavy atom. The molecule has 2 aromatic heterocycles. The summed E-state index contributed by atoms with van der Waals surface area (Å²) in [6.07, 6.45) is 7.17. The van der Waals surface area contributed by atoms with Crippen LogP contribution in [-0.4, -0.2) is 57.4 Å². The number of anilines is 1. The molecule has 0 saturated carbocycles. The summed E-state index contributed by atoms with van der Waals surface area (Å²) in [5, 5.41) is 5.70. The van der Waals surface area contributed by atoms with Gasteiger partial charge in [0, 0.05) is 32.2 Å². The van der Waals surface area contributed by atoms with E-state index in [2.05, 4.69) is 9.97 Å². The van der Waals surface area contributed by atoms with Crippen molar-refractivity contribution in [2.24, 2.45) is 0 Å². The molecule has 1 saturated heterocycles. The molecule has 0 atom stereocenters. The van der Waals surface area contributed by atoms with Crippen molar-refractivity contribution < 1.29 is 14.3 Å². The Labute approximate surface area is 215 Å². The third-order valence-corrected chi connectivity index (χ3v) is 6.51. The van der Waals surface area contributed by atoms with Crippen LogP contribution in [0.5, 0.6) is 11.5 Å². The number of likely N-dealkylation sites (tertiary alicyclic amines) is 1. The molecule has 2 N–H and O–H groups in total. The van der Waals surface area contributed by atoms with Crippen molar-refractivity contribution in [3.63, 3.8) is 0 Å². The number of hydrogen-bond donors (Lipinski definition) is 1. The first-order valence-corrected chi connectivity index (χ1v) is 12.4. The van der Waals surface area contributed by atoms with Crippen molar-refractivity contribution in [3.8, 4) is 22.8 Å². The first-order valence-electron chi connectivity index (χ1n) is 12.4. The summed E-state index contributed by atoms with van der Waals surface area (Å²) in [6.45, 7) is 1.85.